The van der Waals surface area contributed by atoms with Gasteiger partial charge in [-0.05, 0) is 32.7 Å². The summed E-state index contributed by atoms with van der Waals surface area (Å²) in [4.78, 5) is 8.19. The summed E-state index contributed by atoms with van der Waals surface area (Å²) in [6, 6.07) is 0. The van der Waals surface area contributed by atoms with Crippen LogP contribution in [0.4, 0.5) is 0 Å². The molecule has 0 aliphatic heterocycles. The van der Waals surface area contributed by atoms with Crippen molar-refractivity contribution in [3.05, 3.63) is 0 Å². The fourth-order valence-corrected chi connectivity index (χ4v) is 0. The Hall–Kier alpha value is 0.571. The second-order valence-electron chi connectivity index (χ2n) is 5.14. The molecule has 0 saturated heterocycles. The number of hydrogen-bond acceptors (Lipinski definition) is 2. The number of hydrogen-bond donors (Lipinski definition) is 1. The van der Waals surface area contributed by atoms with Crippen molar-refractivity contribution in [1.29, 1.82) is 0 Å². The van der Waals surface area contributed by atoms with Crippen LogP contribution in [-0.4, -0.2) is 38.1 Å². The summed E-state index contributed by atoms with van der Waals surface area (Å²) in [7, 11) is -0.639. The summed E-state index contributed by atoms with van der Waals surface area (Å²) < 4.78 is 5.08. The van der Waals surface area contributed by atoms with Gasteiger partial charge in [-0.1, -0.05) is 19.6 Å². The van der Waals surface area contributed by atoms with E-state index in [1.165, 1.54) is 0 Å². The minimum absolute atomic E-state index is 0.139. The summed E-state index contributed by atoms with van der Waals surface area (Å²) in [5.74, 6) is 0. The molecule has 0 aromatic rings. The highest BCUT2D eigenvalue weighted by atomic mass is 28.4. The molecule has 0 aromatic carbocycles. The van der Waals surface area contributed by atoms with Gasteiger partial charge >= 0.3 is 0 Å². The van der Waals surface area contributed by atoms with E-state index in [0.717, 1.165) is 0 Å². The highest BCUT2D eigenvalue weighted by molar-refractivity contribution is 6.69. The van der Waals surface area contributed by atoms with Gasteiger partial charge in [-0.25, -0.2) is 0 Å². The summed E-state index contributed by atoms with van der Waals surface area (Å²) in [5.41, 5.74) is 0. The Bertz CT molecular complexity index is 89.2. The average molecular weight is 255 g/mol. The number of rotatable bonds is 1. The Morgan fingerprint density at radius 2 is 1.00 bits per heavy atom. The predicted octanol–water partition coefficient (Wildman–Crippen LogP) is 2.53. The summed E-state index contributed by atoms with van der Waals surface area (Å²) in [6.07, 6.45) is 0. The van der Waals surface area contributed by atoms with Crippen LogP contribution in [0.5, 0.6) is 0 Å². The zero-order valence-corrected chi connectivity index (χ0v) is 14.8. The third-order valence-electron chi connectivity index (χ3n) is 0.612. The van der Waals surface area contributed by atoms with Crippen molar-refractivity contribution in [3.8, 4) is 0 Å². The van der Waals surface area contributed by atoms with Gasteiger partial charge in [0.15, 0.2) is 17.4 Å². The molecule has 0 aromatic heterocycles. The molecule has 0 aliphatic rings. The fraction of sp³-hybridized carbons (Fsp3) is 1.00. The monoisotopic (exact) mass is 254 g/mol. The Morgan fingerprint density at radius 1 is 0.929 bits per heavy atom. The molecule has 0 heterocycles. The van der Waals surface area contributed by atoms with E-state index in [0.29, 0.717) is 0 Å². The van der Waals surface area contributed by atoms with Crippen LogP contribution in [0.2, 0.25) is 52.4 Å². The SMILES string of the molecule is CO[Si](C)(C)C.C[SiH](C)C.C[SiH](C)O. The fourth-order valence-electron chi connectivity index (χ4n) is 0. The second-order valence-corrected chi connectivity index (χ2v) is 15.4. The molecule has 0 atom stereocenters. The standard InChI is InChI=1S/C4H12OSi.C3H10Si.C2H8OSi/c1-5-6(2,3)4;2*1-4(2)3/h1-4H3;4H,1-3H3;3-4H,1-2H3. The van der Waals surface area contributed by atoms with E-state index < -0.39 is 17.4 Å². The molecule has 0 saturated carbocycles. The van der Waals surface area contributed by atoms with Gasteiger partial charge in [0.05, 0.1) is 0 Å². The van der Waals surface area contributed by atoms with E-state index in [1.807, 2.05) is 13.1 Å². The van der Waals surface area contributed by atoms with Crippen LogP contribution in [0.3, 0.4) is 0 Å². The Labute approximate surface area is 95.2 Å². The van der Waals surface area contributed by atoms with Gasteiger partial charge in [0.2, 0.25) is 0 Å². The van der Waals surface area contributed by atoms with Crippen LogP contribution in [0.25, 0.3) is 0 Å². The van der Waals surface area contributed by atoms with Crippen LogP contribution in [0, 0.1) is 0 Å². The molecule has 0 spiro atoms. The quantitative estimate of drug-likeness (QED) is 0.729. The van der Waals surface area contributed by atoms with Gasteiger partial charge in [0.1, 0.15) is 0 Å². The molecule has 1 N–H and O–H groups in total. The lowest BCUT2D eigenvalue weighted by molar-refractivity contribution is 0.411. The lowest BCUT2D eigenvalue weighted by atomic mass is 11.8. The van der Waals surface area contributed by atoms with Crippen molar-refractivity contribution in [1.82, 2.24) is 0 Å². The molecule has 0 unspecified atom stereocenters. The average Bonchev–Trinajstić information content (AvgIpc) is 1.83. The van der Waals surface area contributed by atoms with E-state index in [9.17, 15) is 0 Å². The Kier molecular flexibility index (Phi) is 16.7. The molecule has 0 amide bonds. The van der Waals surface area contributed by atoms with Crippen molar-refractivity contribution >= 4 is 26.2 Å². The van der Waals surface area contributed by atoms with Crippen LogP contribution in [-0.2, 0) is 4.43 Å². The molecule has 0 radical (unpaired) electrons. The smallest absolute Gasteiger partial charge is 0.183 e. The van der Waals surface area contributed by atoms with Crippen LogP contribution in [0.1, 0.15) is 0 Å². The van der Waals surface area contributed by atoms with Gasteiger partial charge in [-0.15, -0.1) is 0 Å². The lowest BCUT2D eigenvalue weighted by Crippen LogP contribution is -2.22. The molecule has 90 valence electrons. The molecule has 2 nitrogen and oxygen atoms in total. The zero-order valence-electron chi connectivity index (χ0n) is 11.5. The van der Waals surface area contributed by atoms with Gasteiger partial charge < -0.3 is 9.22 Å². The van der Waals surface area contributed by atoms with Crippen molar-refractivity contribution in [2.75, 3.05) is 7.11 Å². The summed E-state index contributed by atoms with van der Waals surface area (Å²) in [6.45, 7) is 17.1. The molecule has 0 rings (SSSR count). The second kappa shape index (κ2) is 11.6. The minimum atomic E-state index is -1.14. The third kappa shape index (κ3) is 132. The first-order valence-corrected chi connectivity index (χ1v) is 15.0. The van der Waals surface area contributed by atoms with Crippen molar-refractivity contribution in [2.45, 2.75) is 52.4 Å². The topological polar surface area (TPSA) is 29.5 Å². The maximum absolute atomic E-state index is 8.19. The van der Waals surface area contributed by atoms with E-state index in [4.69, 9.17) is 9.22 Å². The molecule has 0 fully saturated rings. The first-order valence-electron chi connectivity index (χ1n) is 5.26. The van der Waals surface area contributed by atoms with E-state index in [1.54, 1.807) is 7.11 Å². The molecular formula is C9H30O2Si3. The van der Waals surface area contributed by atoms with E-state index >= 15 is 0 Å². The van der Waals surface area contributed by atoms with Gasteiger partial charge in [-0.3, -0.25) is 0 Å². The predicted molar refractivity (Wildman–Crippen MR) is 76.2 cm³/mol. The molecule has 0 aliphatic carbocycles. The Morgan fingerprint density at radius 3 is 1.00 bits per heavy atom. The lowest BCUT2D eigenvalue weighted by Gasteiger charge is -2.10. The molecular weight excluding hydrogens is 224 g/mol. The first-order chi connectivity index (χ1) is 6.02. The van der Waals surface area contributed by atoms with E-state index in [-0.39, 0.29) is 8.80 Å². The van der Waals surface area contributed by atoms with Crippen molar-refractivity contribution in [2.24, 2.45) is 0 Å². The van der Waals surface area contributed by atoms with Gasteiger partial charge in [-0.2, -0.15) is 0 Å². The summed E-state index contributed by atoms with van der Waals surface area (Å²) in [5, 5.41) is 0. The zero-order chi connectivity index (χ0) is 12.4. The molecule has 0 bridgehead atoms. The maximum Gasteiger partial charge on any atom is 0.183 e. The van der Waals surface area contributed by atoms with Gasteiger partial charge in [0, 0.05) is 15.9 Å². The van der Waals surface area contributed by atoms with Gasteiger partial charge in [0.25, 0.3) is 0 Å². The van der Waals surface area contributed by atoms with Crippen molar-refractivity contribution in [3.63, 3.8) is 0 Å². The maximum atomic E-state index is 8.19. The minimum Gasteiger partial charge on any atom is -0.435 e. The largest absolute Gasteiger partial charge is 0.435 e. The molecule has 14 heavy (non-hydrogen) atoms. The highest BCUT2D eigenvalue weighted by Gasteiger charge is 2.09. The third-order valence-corrected chi connectivity index (χ3v) is 1.84. The summed E-state index contributed by atoms with van der Waals surface area (Å²) >= 11 is 0. The normalized spacial score (nSPS) is 10.3. The van der Waals surface area contributed by atoms with Crippen LogP contribution >= 0.6 is 0 Å². The molecule has 5 heteroatoms. The van der Waals surface area contributed by atoms with Crippen molar-refractivity contribution < 1.29 is 9.22 Å². The van der Waals surface area contributed by atoms with E-state index in [2.05, 4.69) is 39.3 Å². The highest BCUT2D eigenvalue weighted by Crippen LogP contribution is 1.97. The van der Waals surface area contributed by atoms with Crippen LogP contribution < -0.4 is 0 Å². The first kappa shape index (κ1) is 20.0. The Balaban J connectivity index is -0.000000135. The van der Waals surface area contributed by atoms with Crippen LogP contribution in [0.15, 0.2) is 0 Å².